The number of rotatable bonds is 4. The summed E-state index contributed by atoms with van der Waals surface area (Å²) in [5.74, 6) is 1.74. The molecule has 1 aliphatic heterocycles. The van der Waals surface area contributed by atoms with Crippen molar-refractivity contribution >= 4 is 0 Å². The molecule has 0 N–H and O–H groups in total. The number of nitrogens with zero attached hydrogens (tertiary/aromatic N) is 3. The molecule has 1 aliphatic rings. The molecule has 1 saturated heterocycles. The summed E-state index contributed by atoms with van der Waals surface area (Å²) in [4.78, 5) is 6.91. The molecule has 0 aliphatic carbocycles. The minimum Gasteiger partial charge on any atom is -0.368 e. The molecule has 2 aromatic rings. The van der Waals surface area contributed by atoms with E-state index in [9.17, 15) is 0 Å². The maximum absolute atomic E-state index is 6.12. The highest BCUT2D eigenvalue weighted by Crippen LogP contribution is 2.30. The van der Waals surface area contributed by atoms with Crippen LogP contribution in [0.5, 0.6) is 0 Å². The van der Waals surface area contributed by atoms with Crippen molar-refractivity contribution in [2.45, 2.75) is 51.9 Å². The zero-order chi connectivity index (χ0) is 16.4. The van der Waals surface area contributed by atoms with Crippen LogP contribution in [0.1, 0.15) is 63.0 Å². The second-order valence-corrected chi connectivity index (χ2v) is 6.62. The van der Waals surface area contributed by atoms with Crippen LogP contribution in [-0.4, -0.2) is 34.2 Å². The van der Waals surface area contributed by atoms with Crippen molar-refractivity contribution in [1.29, 1.82) is 0 Å². The van der Waals surface area contributed by atoms with Gasteiger partial charge >= 0.3 is 0 Å². The lowest BCUT2D eigenvalue weighted by molar-refractivity contribution is -0.0922. The quantitative estimate of drug-likeness (QED) is 0.860. The van der Waals surface area contributed by atoms with E-state index in [1.807, 2.05) is 6.07 Å². The van der Waals surface area contributed by atoms with E-state index < -0.39 is 0 Å². The highest BCUT2D eigenvalue weighted by molar-refractivity contribution is 5.18. The second-order valence-electron chi connectivity index (χ2n) is 6.62. The average Bonchev–Trinajstić information content (AvgIpc) is 3.04. The Labute approximate surface area is 137 Å². The first-order valence-electron chi connectivity index (χ1n) is 8.32. The molecule has 0 bridgehead atoms. The molecule has 1 aromatic heterocycles. The molecule has 3 rings (SSSR count). The van der Waals surface area contributed by atoms with Gasteiger partial charge in [0.15, 0.2) is 5.82 Å². The third-order valence-electron chi connectivity index (χ3n) is 4.34. The van der Waals surface area contributed by atoms with Crippen LogP contribution in [0.25, 0.3) is 0 Å². The van der Waals surface area contributed by atoms with Crippen molar-refractivity contribution in [2.24, 2.45) is 0 Å². The first-order chi connectivity index (χ1) is 11.0. The lowest BCUT2D eigenvalue weighted by atomic mass is 10.1. The lowest BCUT2D eigenvalue weighted by Crippen LogP contribution is -2.44. The molecule has 0 amide bonds. The van der Waals surface area contributed by atoms with E-state index in [2.05, 4.69) is 67.0 Å². The highest BCUT2D eigenvalue weighted by Gasteiger charge is 2.32. The standard InChI is InChI=1S/C18H25N3O2/c1-12(2)17-19-18(23-20-17)14(4)21-10-13(3)22-16(11-21)15-8-6-5-7-9-15/h5-9,12-14,16H,10-11H2,1-4H3/t13-,14-,16-/m1/s1. The van der Waals surface area contributed by atoms with E-state index in [1.54, 1.807) is 0 Å². The summed E-state index contributed by atoms with van der Waals surface area (Å²) in [5, 5.41) is 4.08. The molecule has 124 valence electrons. The molecule has 3 atom stereocenters. The van der Waals surface area contributed by atoms with Crippen LogP contribution in [0.4, 0.5) is 0 Å². The molecular formula is C18H25N3O2. The van der Waals surface area contributed by atoms with Crippen LogP contribution in [0.3, 0.4) is 0 Å². The largest absolute Gasteiger partial charge is 0.368 e. The van der Waals surface area contributed by atoms with Crippen molar-refractivity contribution < 1.29 is 9.26 Å². The maximum Gasteiger partial charge on any atom is 0.243 e. The minimum absolute atomic E-state index is 0.0786. The van der Waals surface area contributed by atoms with Gasteiger partial charge in [0.1, 0.15) is 0 Å². The van der Waals surface area contributed by atoms with Crippen LogP contribution in [0.2, 0.25) is 0 Å². The van der Waals surface area contributed by atoms with Gasteiger partial charge in [0.25, 0.3) is 0 Å². The molecule has 1 fully saturated rings. The van der Waals surface area contributed by atoms with Crippen molar-refractivity contribution in [3.05, 3.63) is 47.6 Å². The van der Waals surface area contributed by atoms with E-state index in [-0.39, 0.29) is 24.2 Å². The van der Waals surface area contributed by atoms with Crippen molar-refractivity contribution in [1.82, 2.24) is 15.0 Å². The molecule has 23 heavy (non-hydrogen) atoms. The summed E-state index contributed by atoms with van der Waals surface area (Å²) < 4.78 is 11.6. The van der Waals surface area contributed by atoms with E-state index in [0.29, 0.717) is 5.89 Å². The molecule has 5 nitrogen and oxygen atoms in total. The topological polar surface area (TPSA) is 51.4 Å². The number of morpholine rings is 1. The predicted molar refractivity (Wildman–Crippen MR) is 88.1 cm³/mol. The van der Waals surface area contributed by atoms with Gasteiger partial charge in [0, 0.05) is 19.0 Å². The Hall–Kier alpha value is -1.72. The minimum atomic E-state index is 0.0786. The van der Waals surface area contributed by atoms with E-state index in [4.69, 9.17) is 9.26 Å². The molecule has 2 heterocycles. The van der Waals surface area contributed by atoms with E-state index >= 15 is 0 Å². The van der Waals surface area contributed by atoms with E-state index in [1.165, 1.54) is 5.56 Å². The van der Waals surface area contributed by atoms with Crippen molar-refractivity contribution in [3.8, 4) is 0 Å². The number of hydrogen-bond donors (Lipinski definition) is 0. The summed E-state index contributed by atoms with van der Waals surface area (Å²) in [6, 6.07) is 10.5. The van der Waals surface area contributed by atoms with E-state index in [0.717, 1.165) is 18.9 Å². The van der Waals surface area contributed by atoms with Gasteiger partial charge in [-0.05, 0) is 19.4 Å². The van der Waals surface area contributed by atoms with Crippen LogP contribution in [0.15, 0.2) is 34.9 Å². The van der Waals surface area contributed by atoms with Crippen LogP contribution >= 0.6 is 0 Å². The van der Waals surface area contributed by atoms with Crippen LogP contribution < -0.4 is 0 Å². The van der Waals surface area contributed by atoms with Gasteiger partial charge in [0.2, 0.25) is 5.89 Å². The van der Waals surface area contributed by atoms with Crippen LogP contribution in [0, 0.1) is 0 Å². The smallest absolute Gasteiger partial charge is 0.243 e. The fourth-order valence-corrected chi connectivity index (χ4v) is 2.96. The van der Waals surface area contributed by atoms with Gasteiger partial charge in [-0.1, -0.05) is 49.3 Å². The van der Waals surface area contributed by atoms with Gasteiger partial charge in [-0.15, -0.1) is 0 Å². The first kappa shape index (κ1) is 16.1. The third kappa shape index (κ3) is 3.62. The Morgan fingerprint density at radius 3 is 2.52 bits per heavy atom. The fraction of sp³-hybridized carbons (Fsp3) is 0.556. The fourth-order valence-electron chi connectivity index (χ4n) is 2.96. The number of hydrogen-bond acceptors (Lipinski definition) is 5. The molecule has 0 unspecified atom stereocenters. The zero-order valence-electron chi connectivity index (χ0n) is 14.3. The van der Waals surface area contributed by atoms with Gasteiger partial charge in [0.05, 0.1) is 18.2 Å². The normalized spacial score (nSPS) is 24.0. The summed E-state index contributed by atoms with van der Waals surface area (Å²) >= 11 is 0. The first-order valence-corrected chi connectivity index (χ1v) is 8.32. The summed E-state index contributed by atoms with van der Waals surface area (Å²) in [6.45, 7) is 10.1. The molecule has 0 saturated carbocycles. The number of benzene rings is 1. The van der Waals surface area contributed by atoms with Crippen molar-refractivity contribution in [2.75, 3.05) is 13.1 Å². The monoisotopic (exact) mass is 315 g/mol. The summed E-state index contributed by atoms with van der Waals surface area (Å²) in [6.07, 6.45) is 0.249. The van der Waals surface area contributed by atoms with Crippen LogP contribution in [-0.2, 0) is 4.74 Å². The average molecular weight is 315 g/mol. The number of aromatic nitrogens is 2. The Bertz CT molecular complexity index is 626. The summed E-state index contributed by atoms with van der Waals surface area (Å²) in [5.41, 5.74) is 1.21. The Kier molecular flexibility index (Phi) is 4.78. The Morgan fingerprint density at radius 2 is 1.87 bits per heavy atom. The second kappa shape index (κ2) is 6.81. The SMILES string of the molecule is CC(C)c1noc([C@@H](C)N2C[C@@H](C)O[C@@H](c3ccccc3)C2)n1. The Balaban J connectivity index is 1.75. The molecule has 5 heteroatoms. The van der Waals surface area contributed by atoms with Crippen molar-refractivity contribution in [3.63, 3.8) is 0 Å². The predicted octanol–water partition coefficient (Wildman–Crippen LogP) is 3.72. The Morgan fingerprint density at radius 1 is 1.13 bits per heavy atom. The zero-order valence-corrected chi connectivity index (χ0v) is 14.3. The van der Waals surface area contributed by atoms with Gasteiger partial charge in [-0.2, -0.15) is 4.98 Å². The molecule has 0 spiro atoms. The molecule has 1 aromatic carbocycles. The van der Waals surface area contributed by atoms with Gasteiger partial charge < -0.3 is 9.26 Å². The maximum atomic E-state index is 6.12. The molecular weight excluding hydrogens is 290 g/mol. The summed E-state index contributed by atoms with van der Waals surface area (Å²) in [7, 11) is 0. The lowest BCUT2D eigenvalue weighted by Gasteiger charge is -2.39. The van der Waals surface area contributed by atoms with Gasteiger partial charge in [-0.25, -0.2) is 0 Å². The highest BCUT2D eigenvalue weighted by atomic mass is 16.5. The third-order valence-corrected chi connectivity index (χ3v) is 4.34. The van der Waals surface area contributed by atoms with Gasteiger partial charge in [-0.3, -0.25) is 4.90 Å². The molecule has 0 radical (unpaired) electrons. The number of ether oxygens (including phenoxy) is 1.